The molecule has 1 heteroatoms. The summed E-state index contributed by atoms with van der Waals surface area (Å²) in [4.78, 5) is 0. The second-order valence-electron chi connectivity index (χ2n) is 3.89. The molecule has 2 aliphatic carbocycles. The zero-order chi connectivity index (χ0) is 7.68. The molecule has 0 radical (unpaired) electrons. The summed E-state index contributed by atoms with van der Waals surface area (Å²) in [6.45, 7) is 0. The van der Waals surface area contributed by atoms with Crippen molar-refractivity contribution in [3.05, 3.63) is 12.2 Å². The fraction of sp³-hybridized carbons (Fsp3) is 0.800. The summed E-state index contributed by atoms with van der Waals surface area (Å²) in [5, 5.41) is 0.341. The van der Waals surface area contributed by atoms with E-state index in [1.54, 1.807) is 0 Å². The van der Waals surface area contributed by atoms with Gasteiger partial charge in [-0.25, -0.2) is 0 Å². The van der Waals surface area contributed by atoms with Gasteiger partial charge >= 0.3 is 0 Å². The van der Waals surface area contributed by atoms with Crippen LogP contribution in [0.4, 0.5) is 0 Å². The van der Waals surface area contributed by atoms with E-state index in [-0.39, 0.29) is 0 Å². The first kappa shape index (κ1) is 7.67. The van der Waals surface area contributed by atoms with Gasteiger partial charge in [0.25, 0.3) is 0 Å². The van der Waals surface area contributed by atoms with Crippen LogP contribution in [0.1, 0.15) is 32.1 Å². The van der Waals surface area contributed by atoms with Crippen LogP contribution in [0.2, 0.25) is 0 Å². The van der Waals surface area contributed by atoms with Crippen molar-refractivity contribution in [2.75, 3.05) is 0 Å². The van der Waals surface area contributed by atoms with E-state index in [2.05, 4.69) is 12.2 Å². The van der Waals surface area contributed by atoms with E-state index in [1.807, 2.05) is 0 Å². The van der Waals surface area contributed by atoms with Crippen LogP contribution in [0.15, 0.2) is 12.2 Å². The van der Waals surface area contributed by atoms with Gasteiger partial charge in [-0.2, -0.15) is 0 Å². The quantitative estimate of drug-likeness (QED) is 0.449. The SMILES string of the molecule is ClC(C=CCC1CC1)C1CC1. The minimum absolute atomic E-state index is 0.341. The summed E-state index contributed by atoms with van der Waals surface area (Å²) >= 11 is 6.10. The molecule has 2 rings (SSSR count). The standard InChI is InChI=1S/C10H15Cl/c11-10(9-6-7-9)3-1-2-8-4-5-8/h1,3,8-10H,2,4-7H2. The maximum absolute atomic E-state index is 6.10. The Hall–Kier alpha value is 0.0300. The van der Waals surface area contributed by atoms with E-state index in [0.717, 1.165) is 11.8 Å². The predicted molar refractivity (Wildman–Crippen MR) is 48.8 cm³/mol. The molecule has 0 aromatic rings. The molecule has 62 valence electrons. The highest BCUT2D eigenvalue weighted by Gasteiger charge is 2.27. The van der Waals surface area contributed by atoms with Gasteiger partial charge in [-0.1, -0.05) is 12.2 Å². The molecule has 1 unspecified atom stereocenters. The lowest BCUT2D eigenvalue weighted by Crippen LogP contribution is -1.94. The monoisotopic (exact) mass is 170 g/mol. The van der Waals surface area contributed by atoms with Crippen LogP contribution in [-0.4, -0.2) is 5.38 Å². The highest BCUT2D eigenvalue weighted by atomic mass is 35.5. The van der Waals surface area contributed by atoms with Crippen molar-refractivity contribution < 1.29 is 0 Å². The third-order valence-corrected chi connectivity index (χ3v) is 3.06. The van der Waals surface area contributed by atoms with Crippen molar-refractivity contribution in [3.8, 4) is 0 Å². The second kappa shape index (κ2) is 3.18. The highest BCUT2D eigenvalue weighted by Crippen LogP contribution is 2.37. The Balaban J connectivity index is 1.64. The normalized spacial score (nSPS) is 27.7. The number of hydrogen-bond acceptors (Lipinski definition) is 0. The lowest BCUT2D eigenvalue weighted by molar-refractivity contribution is 0.834. The van der Waals surface area contributed by atoms with Crippen LogP contribution in [0.5, 0.6) is 0 Å². The zero-order valence-electron chi connectivity index (χ0n) is 6.80. The van der Waals surface area contributed by atoms with Gasteiger partial charge in [0.1, 0.15) is 0 Å². The average Bonchev–Trinajstić information content (AvgIpc) is 2.85. The Morgan fingerprint density at radius 1 is 1.27 bits per heavy atom. The summed E-state index contributed by atoms with van der Waals surface area (Å²) in [5.74, 6) is 1.82. The minimum atomic E-state index is 0.341. The van der Waals surface area contributed by atoms with E-state index >= 15 is 0 Å². The number of halogens is 1. The van der Waals surface area contributed by atoms with Crippen molar-refractivity contribution in [1.29, 1.82) is 0 Å². The first-order chi connectivity index (χ1) is 5.36. The molecular formula is C10H15Cl. The van der Waals surface area contributed by atoms with Crippen LogP contribution in [0.25, 0.3) is 0 Å². The van der Waals surface area contributed by atoms with Crippen molar-refractivity contribution in [3.63, 3.8) is 0 Å². The summed E-state index contributed by atoms with van der Waals surface area (Å²) in [7, 11) is 0. The molecule has 0 nitrogen and oxygen atoms in total. The van der Waals surface area contributed by atoms with E-state index in [4.69, 9.17) is 11.6 Å². The average molecular weight is 171 g/mol. The smallest absolute Gasteiger partial charge is 0.0544 e. The number of rotatable bonds is 4. The molecule has 0 aromatic heterocycles. The molecular weight excluding hydrogens is 156 g/mol. The summed E-state index contributed by atoms with van der Waals surface area (Å²) in [6, 6.07) is 0. The molecule has 11 heavy (non-hydrogen) atoms. The molecule has 2 aliphatic rings. The first-order valence-electron chi connectivity index (χ1n) is 4.67. The molecule has 0 aliphatic heterocycles. The van der Waals surface area contributed by atoms with Crippen molar-refractivity contribution in [1.82, 2.24) is 0 Å². The van der Waals surface area contributed by atoms with Gasteiger partial charge in [-0.15, -0.1) is 11.6 Å². The van der Waals surface area contributed by atoms with Crippen molar-refractivity contribution in [2.24, 2.45) is 11.8 Å². The number of alkyl halides is 1. The Morgan fingerprint density at radius 3 is 2.55 bits per heavy atom. The summed E-state index contributed by atoms with van der Waals surface area (Å²) in [6.07, 6.45) is 11.4. The molecule has 0 N–H and O–H groups in total. The van der Waals surface area contributed by atoms with Gasteiger partial charge in [0.15, 0.2) is 0 Å². The Kier molecular flexibility index (Phi) is 2.22. The van der Waals surface area contributed by atoms with Crippen LogP contribution < -0.4 is 0 Å². The van der Waals surface area contributed by atoms with Gasteiger partial charge in [0.2, 0.25) is 0 Å². The lowest BCUT2D eigenvalue weighted by Gasteiger charge is -1.98. The summed E-state index contributed by atoms with van der Waals surface area (Å²) < 4.78 is 0. The van der Waals surface area contributed by atoms with Gasteiger partial charge in [0.05, 0.1) is 5.38 Å². The van der Waals surface area contributed by atoms with Crippen molar-refractivity contribution >= 4 is 11.6 Å². The van der Waals surface area contributed by atoms with Crippen LogP contribution >= 0.6 is 11.6 Å². The Morgan fingerprint density at radius 2 is 2.00 bits per heavy atom. The molecule has 2 fully saturated rings. The Bertz CT molecular complexity index is 154. The molecule has 2 saturated carbocycles. The largest absolute Gasteiger partial charge is 0.118 e. The van der Waals surface area contributed by atoms with E-state index in [1.165, 1.54) is 32.1 Å². The van der Waals surface area contributed by atoms with E-state index in [9.17, 15) is 0 Å². The summed E-state index contributed by atoms with van der Waals surface area (Å²) in [5.41, 5.74) is 0. The van der Waals surface area contributed by atoms with Gasteiger partial charge < -0.3 is 0 Å². The molecule has 1 atom stereocenters. The predicted octanol–water partition coefficient (Wildman–Crippen LogP) is 3.36. The maximum Gasteiger partial charge on any atom is 0.0544 e. The first-order valence-corrected chi connectivity index (χ1v) is 5.10. The van der Waals surface area contributed by atoms with Gasteiger partial charge in [0, 0.05) is 0 Å². The van der Waals surface area contributed by atoms with Gasteiger partial charge in [-0.3, -0.25) is 0 Å². The Labute approximate surface area is 73.6 Å². The molecule has 0 amide bonds. The van der Waals surface area contributed by atoms with Crippen LogP contribution in [-0.2, 0) is 0 Å². The second-order valence-corrected chi connectivity index (χ2v) is 4.39. The number of allylic oxidation sites excluding steroid dienone is 2. The molecule has 0 aromatic carbocycles. The van der Waals surface area contributed by atoms with Gasteiger partial charge in [-0.05, 0) is 43.9 Å². The van der Waals surface area contributed by atoms with Crippen LogP contribution in [0.3, 0.4) is 0 Å². The fourth-order valence-corrected chi connectivity index (χ4v) is 1.68. The maximum atomic E-state index is 6.10. The number of hydrogen-bond donors (Lipinski definition) is 0. The minimum Gasteiger partial charge on any atom is -0.118 e. The third-order valence-electron chi connectivity index (χ3n) is 2.56. The molecule has 0 spiro atoms. The van der Waals surface area contributed by atoms with E-state index in [0.29, 0.717) is 5.38 Å². The van der Waals surface area contributed by atoms with E-state index < -0.39 is 0 Å². The lowest BCUT2D eigenvalue weighted by atomic mass is 10.2. The zero-order valence-corrected chi connectivity index (χ0v) is 7.56. The van der Waals surface area contributed by atoms with Crippen LogP contribution in [0, 0.1) is 11.8 Å². The molecule has 0 saturated heterocycles. The van der Waals surface area contributed by atoms with Crippen molar-refractivity contribution in [2.45, 2.75) is 37.5 Å². The fourth-order valence-electron chi connectivity index (χ4n) is 1.33. The topological polar surface area (TPSA) is 0 Å². The third kappa shape index (κ3) is 2.52. The highest BCUT2D eigenvalue weighted by molar-refractivity contribution is 6.22. The molecule has 0 heterocycles. The molecule has 0 bridgehead atoms.